The second-order valence-corrected chi connectivity index (χ2v) is 5.65. The van der Waals surface area contributed by atoms with Crippen LogP contribution in [0.4, 0.5) is 4.39 Å². The zero-order valence-electron chi connectivity index (χ0n) is 12.0. The number of nitrogens with zero attached hydrogens (tertiary/aromatic N) is 1. The summed E-state index contributed by atoms with van der Waals surface area (Å²) in [6.45, 7) is 0.737. The van der Waals surface area contributed by atoms with E-state index in [1.807, 2.05) is 0 Å². The van der Waals surface area contributed by atoms with Gasteiger partial charge in [-0.25, -0.2) is 4.39 Å². The molecule has 1 aliphatic rings. The van der Waals surface area contributed by atoms with Gasteiger partial charge in [0.05, 0.1) is 11.2 Å². The second-order valence-electron chi connectivity index (χ2n) is 5.65. The van der Waals surface area contributed by atoms with Gasteiger partial charge in [0.25, 0.3) is 0 Å². The molecule has 5 N–H and O–H groups in total. The smallest absolute Gasteiger partial charge is 0.173 e. The first kappa shape index (κ1) is 15.7. The summed E-state index contributed by atoms with van der Waals surface area (Å²) in [5.74, 6) is -0.754. The number of hydrogen-bond acceptors (Lipinski definition) is 4. The molecule has 0 heterocycles. The van der Waals surface area contributed by atoms with Gasteiger partial charge in [-0.3, -0.25) is 0 Å². The van der Waals surface area contributed by atoms with Crippen molar-refractivity contribution in [2.45, 2.75) is 44.2 Å². The molecule has 0 amide bonds. The van der Waals surface area contributed by atoms with Crippen LogP contribution < -0.4 is 11.1 Å². The summed E-state index contributed by atoms with van der Waals surface area (Å²) < 4.78 is 14.2. The first-order chi connectivity index (χ1) is 10.1. The van der Waals surface area contributed by atoms with Gasteiger partial charge in [0, 0.05) is 18.7 Å². The highest BCUT2D eigenvalue weighted by Crippen LogP contribution is 2.27. The van der Waals surface area contributed by atoms with E-state index in [0.29, 0.717) is 18.7 Å². The van der Waals surface area contributed by atoms with Crippen molar-refractivity contribution < 1.29 is 14.7 Å². The van der Waals surface area contributed by atoms with Crippen LogP contribution in [0.5, 0.6) is 0 Å². The predicted molar refractivity (Wildman–Crippen MR) is 78.7 cm³/mol. The number of nitrogens with one attached hydrogen (secondary N) is 1. The lowest BCUT2D eigenvalue weighted by molar-refractivity contribution is 0.00462. The number of rotatable bonds is 5. The maximum Gasteiger partial charge on any atom is 0.173 e. The zero-order valence-corrected chi connectivity index (χ0v) is 12.0. The van der Waals surface area contributed by atoms with Gasteiger partial charge in [-0.1, -0.05) is 36.6 Å². The number of amidine groups is 1. The topological polar surface area (TPSA) is 90.9 Å². The molecule has 0 unspecified atom stereocenters. The van der Waals surface area contributed by atoms with Crippen molar-refractivity contribution in [2.75, 3.05) is 6.54 Å². The molecule has 0 aliphatic heterocycles. The molecule has 0 aromatic heterocycles. The Balaban J connectivity index is 1.97. The normalized spacial score (nSPS) is 18.7. The highest BCUT2D eigenvalue weighted by molar-refractivity contribution is 5.97. The lowest BCUT2D eigenvalue weighted by Crippen LogP contribution is -2.42. The lowest BCUT2D eigenvalue weighted by Gasteiger charge is -2.32. The average molecular weight is 295 g/mol. The van der Waals surface area contributed by atoms with Gasteiger partial charge in [0.15, 0.2) is 5.84 Å². The Bertz CT molecular complexity index is 514. The van der Waals surface area contributed by atoms with Gasteiger partial charge in [-0.2, -0.15) is 0 Å². The van der Waals surface area contributed by atoms with Crippen molar-refractivity contribution in [1.29, 1.82) is 0 Å². The zero-order chi connectivity index (χ0) is 15.3. The monoisotopic (exact) mass is 295 g/mol. The van der Waals surface area contributed by atoms with Crippen LogP contribution in [0.3, 0.4) is 0 Å². The van der Waals surface area contributed by atoms with E-state index in [4.69, 9.17) is 10.9 Å². The van der Waals surface area contributed by atoms with Crippen LogP contribution in [0.1, 0.15) is 43.2 Å². The largest absolute Gasteiger partial charge is 0.409 e. The number of hydrogen-bond donors (Lipinski definition) is 4. The van der Waals surface area contributed by atoms with Crippen molar-refractivity contribution in [2.24, 2.45) is 10.9 Å². The van der Waals surface area contributed by atoms with Crippen LogP contribution in [-0.4, -0.2) is 28.3 Å². The minimum atomic E-state index is -0.683. The third-order valence-corrected chi connectivity index (χ3v) is 4.02. The van der Waals surface area contributed by atoms with E-state index >= 15 is 0 Å². The fraction of sp³-hybridized carbons (Fsp3) is 0.533. The number of halogens is 1. The van der Waals surface area contributed by atoms with Crippen LogP contribution in [0, 0.1) is 5.82 Å². The van der Waals surface area contributed by atoms with E-state index < -0.39 is 11.4 Å². The van der Waals surface area contributed by atoms with Gasteiger partial charge in [-0.05, 0) is 18.9 Å². The Kier molecular flexibility index (Phi) is 5.14. The van der Waals surface area contributed by atoms with Crippen LogP contribution in [-0.2, 0) is 6.54 Å². The summed E-state index contributed by atoms with van der Waals surface area (Å²) >= 11 is 0. The van der Waals surface area contributed by atoms with E-state index in [9.17, 15) is 9.50 Å². The SMILES string of the molecule is N/C(=N/O)c1cccc(CNCC2(O)CCCCC2)c1F. The first-order valence-corrected chi connectivity index (χ1v) is 7.24. The second kappa shape index (κ2) is 6.87. The number of nitrogens with two attached hydrogens (primary N) is 1. The molecule has 0 atom stereocenters. The molecular formula is C15H22FN3O2. The Labute approximate surface area is 123 Å². The molecule has 6 heteroatoms. The molecule has 1 aromatic rings. The Hall–Kier alpha value is -1.66. The molecule has 2 rings (SSSR count). The van der Waals surface area contributed by atoms with Gasteiger partial charge >= 0.3 is 0 Å². The molecule has 0 spiro atoms. The highest BCUT2D eigenvalue weighted by atomic mass is 19.1. The standard InChI is InChI=1S/C15H22FN3O2/c16-13-11(5-4-6-12(13)14(17)19-21)9-18-10-15(20)7-2-1-3-8-15/h4-6,18,20-21H,1-3,7-10H2,(H2,17,19). The molecule has 0 radical (unpaired) electrons. The fourth-order valence-corrected chi connectivity index (χ4v) is 2.78. The fourth-order valence-electron chi connectivity index (χ4n) is 2.78. The summed E-state index contributed by atoms with van der Waals surface area (Å²) in [5.41, 5.74) is 5.25. The third-order valence-electron chi connectivity index (χ3n) is 4.02. The predicted octanol–water partition coefficient (Wildman–Crippen LogP) is 1.70. The van der Waals surface area contributed by atoms with E-state index in [1.165, 1.54) is 12.5 Å². The summed E-state index contributed by atoms with van der Waals surface area (Å²) in [5, 5.41) is 24.9. The minimum Gasteiger partial charge on any atom is -0.409 e. The maximum absolute atomic E-state index is 14.2. The molecular weight excluding hydrogens is 273 g/mol. The minimum absolute atomic E-state index is 0.0770. The molecule has 1 aromatic carbocycles. The molecule has 1 saturated carbocycles. The maximum atomic E-state index is 14.2. The molecule has 1 aliphatic carbocycles. The van der Waals surface area contributed by atoms with E-state index in [2.05, 4.69) is 10.5 Å². The van der Waals surface area contributed by atoms with Crippen LogP contribution in [0.2, 0.25) is 0 Å². The van der Waals surface area contributed by atoms with E-state index in [1.54, 1.807) is 12.1 Å². The van der Waals surface area contributed by atoms with Gasteiger partial charge < -0.3 is 21.4 Å². The van der Waals surface area contributed by atoms with Gasteiger partial charge in [0.1, 0.15) is 5.82 Å². The van der Waals surface area contributed by atoms with Gasteiger partial charge in [0.2, 0.25) is 0 Å². The summed E-state index contributed by atoms with van der Waals surface area (Å²) in [4.78, 5) is 0. The lowest BCUT2D eigenvalue weighted by atomic mass is 9.85. The van der Waals surface area contributed by atoms with Crippen LogP contribution in [0.15, 0.2) is 23.4 Å². The summed E-state index contributed by atoms with van der Waals surface area (Å²) in [7, 11) is 0. The van der Waals surface area contributed by atoms with Crippen molar-refractivity contribution >= 4 is 5.84 Å². The number of oxime groups is 1. The number of benzene rings is 1. The molecule has 5 nitrogen and oxygen atoms in total. The highest BCUT2D eigenvalue weighted by Gasteiger charge is 2.28. The molecule has 116 valence electrons. The Morgan fingerprint density at radius 2 is 2.05 bits per heavy atom. The van der Waals surface area contributed by atoms with E-state index in [0.717, 1.165) is 25.7 Å². The summed E-state index contributed by atoms with van der Waals surface area (Å²) in [6, 6.07) is 4.76. The molecule has 0 bridgehead atoms. The van der Waals surface area contributed by atoms with Crippen molar-refractivity contribution in [3.63, 3.8) is 0 Å². The summed E-state index contributed by atoms with van der Waals surface area (Å²) in [6.07, 6.45) is 4.80. The van der Waals surface area contributed by atoms with Crippen molar-refractivity contribution in [3.8, 4) is 0 Å². The van der Waals surface area contributed by atoms with Crippen molar-refractivity contribution in [3.05, 3.63) is 35.1 Å². The van der Waals surface area contributed by atoms with E-state index in [-0.39, 0.29) is 11.4 Å². The average Bonchev–Trinajstić information content (AvgIpc) is 2.49. The molecule has 21 heavy (non-hydrogen) atoms. The third kappa shape index (κ3) is 3.92. The van der Waals surface area contributed by atoms with Gasteiger partial charge in [-0.15, -0.1) is 0 Å². The number of aliphatic hydroxyl groups is 1. The van der Waals surface area contributed by atoms with Crippen LogP contribution in [0.25, 0.3) is 0 Å². The van der Waals surface area contributed by atoms with Crippen molar-refractivity contribution in [1.82, 2.24) is 5.32 Å². The van der Waals surface area contributed by atoms with Crippen LogP contribution >= 0.6 is 0 Å². The first-order valence-electron chi connectivity index (χ1n) is 7.24. The molecule has 1 fully saturated rings. The molecule has 0 saturated heterocycles. The Morgan fingerprint density at radius 3 is 2.71 bits per heavy atom. The quantitative estimate of drug-likeness (QED) is 0.288. The Morgan fingerprint density at radius 1 is 1.33 bits per heavy atom.